The van der Waals surface area contributed by atoms with Crippen molar-refractivity contribution in [2.75, 3.05) is 0 Å². The summed E-state index contributed by atoms with van der Waals surface area (Å²) >= 11 is 0. The molecule has 1 unspecified atom stereocenters. The third-order valence-corrected chi connectivity index (χ3v) is 4.55. The van der Waals surface area contributed by atoms with E-state index in [1.54, 1.807) is 0 Å². The molecule has 0 aromatic heterocycles. The SMILES string of the molecule is C=C[C@@H]1C[C@H]2C(O)O[C@H]3CCC(=C)[C@@H]1[C@H]32. The van der Waals surface area contributed by atoms with Crippen LogP contribution in [0.15, 0.2) is 24.8 Å². The van der Waals surface area contributed by atoms with E-state index < -0.39 is 6.29 Å². The van der Waals surface area contributed by atoms with Crippen LogP contribution < -0.4 is 0 Å². The van der Waals surface area contributed by atoms with Crippen LogP contribution in [0.1, 0.15) is 19.3 Å². The van der Waals surface area contributed by atoms with Crippen molar-refractivity contribution in [3.05, 3.63) is 24.8 Å². The first-order valence-corrected chi connectivity index (χ1v) is 5.86. The van der Waals surface area contributed by atoms with Crippen molar-refractivity contribution in [3.8, 4) is 0 Å². The molecule has 1 aliphatic heterocycles. The van der Waals surface area contributed by atoms with Crippen LogP contribution >= 0.6 is 0 Å². The third kappa shape index (κ3) is 1.18. The molecule has 1 N–H and O–H groups in total. The van der Waals surface area contributed by atoms with Crippen LogP contribution in [0, 0.1) is 23.7 Å². The Kier molecular flexibility index (Phi) is 2.05. The van der Waals surface area contributed by atoms with Gasteiger partial charge in [0.1, 0.15) is 0 Å². The van der Waals surface area contributed by atoms with Crippen molar-refractivity contribution in [2.24, 2.45) is 23.7 Å². The lowest BCUT2D eigenvalue weighted by Crippen LogP contribution is -2.31. The second-order valence-electron chi connectivity index (χ2n) is 5.16. The highest BCUT2D eigenvalue weighted by Crippen LogP contribution is 2.57. The predicted octanol–water partition coefficient (Wildman–Crippen LogP) is 2.11. The van der Waals surface area contributed by atoms with E-state index in [0.29, 0.717) is 23.7 Å². The van der Waals surface area contributed by atoms with E-state index in [9.17, 15) is 5.11 Å². The quantitative estimate of drug-likeness (QED) is 0.666. The zero-order valence-electron chi connectivity index (χ0n) is 8.93. The summed E-state index contributed by atoms with van der Waals surface area (Å²) in [6.45, 7) is 8.10. The molecule has 3 aliphatic rings. The molecule has 6 atom stereocenters. The van der Waals surface area contributed by atoms with Gasteiger partial charge >= 0.3 is 0 Å². The monoisotopic (exact) mass is 206 g/mol. The van der Waals surface area contributed by atoms with Gasteiger partial charge in [-0.05, 0) is 37.0 Å². The molecule has 2 saturated carbocycles. The van der Waals surface area contributed by atoms with Crippen LogP contribution in [0.2, 0.25) is 0 Å². The Balaban J connectivity index is 1.96. The number of aliphatic hydroxyl groups is 1. The van der Waals surface area contributed by atoms with Gasteiger partial charge in [0.05, 0.1) is 6.10 Å². The van der Waals surface area contributed by atoms with Crippen LogP contribution in [0.25, 0.3) is 0 Å². The molecule has 82 valence electrons. The van der Waals surface area contributed by atoms with Gasteiger partial charge in [-0.2, -0.15) is 0 Å². The average molecular weight is 206 g/mol. The van der Waals surface area contributed by atoms with Crippen molar-refractivity contribution in [1.82, 2.24) is 0 Å². The summed E-state index contributed by atoms with van der Waals surface area (Å²) < 4.78 is 5.62. The first-order chi connectivity index (χ1) is 7.22. The second-order valence-corrected chi connectivity index (χ2v) is 5.16. The number of allylic oxidation sites excluding steroid dienone is 2. The Morgan fingerprint density at radius 3 is 3.00 bits per heavy atom. The molecular weight excluding hydrogens is 188 g/mol. The van der Waals surface area contributed by atoms with Crippen LogP contribution in [-0.4, -0.2) is 17.5 Å². The smallest absolute Gasteiger partial charge is 0.158 e. The van der Waals surface area contributed by atoms with Gasteiger partial charge in [0.15, 0.2) is 6.29 Å². The van der Waals surface area contributed by atoms with Crippen molar-refractivity contribution in [3.63, 3.8) is 0 Å². The summed E-state index contributed by atoms with van der Waals surface area (Å²) in [7, 11) is 0. The first kappa shape index (κ1) is 9.61. The van der Waals surface area contributed by atoms with E-state index >= 15 is 0 Å². The normalized spacial score (nSPS) is 53.0. The Hall–Kier alpha value is -0.600. The molecule has 2 heteroatoms. The molecular formula is C13H18O2. The summed E-state index contributed by atoms with van der Waals surface area (Å²) in [5.41, 5.74) is 1.35. The molecule has 3 rings (SSSR count). The van der Waals surface area contributed by atoms with Crippen molar-refractivity contribution in [1.29, 1.82) is 0 Å². The molecule has 1 heterocycles. The van der Waals surface area contributed by atoms with Gasteiger partial charge in [-0.15, -0.1) is 6.58 Å². The zero-order valence-corrected chi connectivity index (χ0v) is 8.93. The molecule has 0 amide bonds. The van der Waals surface area contributed by atoms with E-state index in [0.717, 1.165) is 19.3 Å². The van der Waals surface area contributed by atoms with Gasteiger partial charge in [-0.25, -0.2) is 0 Å². The van der Waals surface area contributed by atoms with E-state index in [4.69, 9.17) is 4.74 Å². The van der Waals surface area contributed by atoms with Gasteiger partial charge in [0, 0.05) is 5.92 Å². The maximum absolute atomic E-state index is 9.86. The van der Waals surface area contributed by atoms with Gasteiger partial charge in [-0.3, -0.25) is 0 Å². The summed E-state index contributed by atoms with van der Waals surface area (Å²) in [6, 6.07) is 0. The van der Waals surface area contributed by atoms with Gasteiger partial charge < -0.3 is 9.84 Å². The number of aliphatic hydroxyl groups excluding tert-OH is 1. The molecule has 3 fully saturated rings. The molecule has 0 bridgehead atoms. The molecule has 0 radical (unpaired) electrons. The van der Waals surface area contributed by atoms with Gasteiger partial charge in [0.2, 0.25) is 0 Å². The maximum Gasteiger partial charge on any atom is 0.158 e. The van der Waals surface area contributed by atoms with Crippen molar-refractivity contribution >= 4 is 0 Å². The van der Waals surface area contributed by atoms with E-state index in [2.05, 4.69) is 13.2 Å². The maximum atomic E-state index is 9.86. The van der Waals surface area contributed by atoms with Crippen LogP contribution in [0.4, 0.5) is 0 Å². The number of hydrogen-bond acceptors (Lipinski definition) is 2. The molecule has 0 aromatic rings. The predicted molar refractivity (Wildman–Crippen MR) is 58.0 cm³/mol. The summed E-state index contributed by atoms with van der Waals surface area (Å²) in [6.07, 6.45) is 4.88. The van der Waals surface area contributed by atoms with E-state index in [1.165, 1.54) is 5.57 Å². The lowest BCUT2D eigenvalue weighted by molar-refractivity contribution is -0.115. The highest BCUT2D eigenvalue weighted by Gasteiger charge is 2.56. The summed E-state index contributed by atoms with van der Waals surface area (Å²) in [5, 5.41) is 9.86. The highest BCUT2D eigenvalue weighted by atomic mass is 16.6. The fraction of sp³-hybridized carbons (Fsp3) is 0.692. The Bertz CT molecular complexity index is 310. The minimum absolute atomic E-state index is 0.269. The molecule has 1 saturated heterocycles. The Labute approximate surface area is 90.6 Å². The van der Waals surface area contributed by atoms with Gasteiger partial charge in [-0.1, -0.05) is 18.2 Å². The number of ether oxygens (including phenoxy) is 1. The minimum Gasteiger partial charge on any atom is -0.368 e. The molecule has 0 aromatic carbocycles. The number of hydrogen-bond donors (Lipinski definition) is 1. The minimum atomic E-state index is -0.543. The lowest BCUT2D eigenvalue weighted by atomic mass is 9.72. The lowest BCUT2D eigenvalue weighted by Gasteiger charge is -2.33. The molecule has 0 spiro atoms. The standard InChI is InChI=1S/C13H18O2/c1-3-8-6-9-12-10(15-13(9)14)5-4-7(2)11(8)12/h3,8-14H,1-2,4-6H2/t8-,9-,10+,11+,12+,13?/m1/s1. The molecule has 15 heavy (non-hydrogen) atoms. The zero-order chi connectivity index (χ0) is 10.6. The fourth-order valence-electron chi connectivity index (χ4n) is 3.93. The molecule has 2 aliphatic carbocycles. The average Bonchev–Trinajstić information content (AvgIpc) is 2.74. The first-order valence-electron chi connectivity index (χ1n) is 5.86. The number of rotatable bonds is 1. The van der Waals surface area contributed by atoms with Crippen LogP contribution in [0.3, 0.4) is 0 Å². The van der Waals surface area contributed by atoms with Crippen molar-refractivity contribution < 1.29 is 9.84 Å². The third-order valence-electron chi connectivity index (χ3n) is 4.55. The highest BCUT2D eigenvalue weighted by molar-refractivity contribution is 5.19. The summed E-state index contributed by atoms with van der Waals surface area (Å²) in [5.74, 6) is 1.85. The van der Waals surface area contributed by atoms with Crippen molar-refractivity contribution in [2.45, 2.75) is 31.7 Å². The Morgan fingerprint density at radius 2 is 2.27 bits per heavy atom. The van der Waals surface area contributed by atoms with Crippen LogP contribution in [-0.2, 0) is 4.74 Å². The fourth-order valence-corrected chi connectivity index (χ4v) is 3.93. The van der Waals surface area contributed by atoms with Gasteiger partial charge in [0.25, 0.3) is 0 Å². The molecule has 2 nitrogen and oxygen atoms in total. The van der Waals surface area contributed by atoms with E-state index in [1.807, 2.05) is 6.08 Å². The summed E-state index contributed by atoms with van der Waals surface area (Å²) in [4.78, 5) is 0. The largest absolute Gasteiger partial charge is 0.368 e. The Morgan fingerprint density at radius 1 is 1.47 bits per heavy atom. The second kappa shape index (κ2) is 3.19. The van der Waals surface area contributed by atoms with E-state index in [-0.39, 0.29) is 6.10 Å². The van der Waals surface area contributed by atoms with Crippen LogP contribution in [0.5, 0.6) is 0 Å². The topological polar surface area (TPSA) is 29.5 Å².